The average molecular weight is 326 g/mol. The fourth-order valence-corrected chi connectivity index (χ4v) is 2.43. The van der Waals surface area contributed by atoms with Gasteiger partial charge in [0.15, 0.2) is 17.3 Å². The Kier molecular flexibility index (Phi) is 4.65. The molecular weight excluding hydrogens is 308 g/mol. The molecule has 0 bridgehead atoms. The van der Waals surface area contributed by atoms with E-state index in [-0.39, 0.29) is 0 Å². The molecule has 6 nitrogen and oxygen atoms in total. The number of methoxy groups -OCH3 is 3. The van der Waals surface area contributed by atoms with Crippen LogP contribution >= 0.6 is 0 Å². The monoisotopic (exact) mass is 326 g/mol. The van der Waals surface area contributed by atoms with Crippen LogP contribution in [0.15, 0.2) is 47.0 Å². The second kappa shape index (κ2) is 7.04. The van der Waals surface area contributed by atoms with E-state index in [4.69, 9.17) is 18.7 Å². The normalized spacial score (nSPS) is 10.5. The van der Waals surface area contributed by atoms with Crippen LogP contribution in [-0.2, 0) is 6.42 Å². The molecule has 0 spiro atoms. The highest BCUT2D eigenvalue weighted by molar-refractivity contribution is 5.62. The predicted octanol–water partition coefficient (Wildman–Crippen LogP) is 3.35. The first-order valence-corrected chi connectivity index (χ1v) is 7.42. The van der Waals surface area contributed by atoms with Crippen LogP contribution in [0.1, 0.15) is 11.4 Å². The minimum Gasteiger partial charge on any atom is -0.496 e. The largest absolute Gasteiger partial charge is 0.496 e. The fourth-order valence-electron chi connectivity index (χ4n) is 2.43. The molecule has 2 aromatic carbocycles. The molecule has 124 valence electrons. The zero-order valence-electron chi connectivity index (χ0n) is 13.8. The van der Waals surface area contributed by atoms with E-state index in [1.165, 1.54) is 0 Å². The Hall–Kier alpha value is -3.02. The van der Waals surface area contributed by atoms with Gasteiger partial charge in [-0.3, -0.25) is 0 Å². The third kappa shape index (κ3) is 3.17. The van der Waals surface area contributed by atoms with Crippen LogP contribution in [0.2, 0.25) is 0 Å². The minimum atomic E-state index is 0.433. The van der Waals surface area contributed by atoms with Crippen molar-refractivity contribution in [3.8, 4) is 28.7 Å². The third-order valence-corrected chi connectivity index (χ3v) is 3.62. The number of nitrogens with zero attached hydrogens (tertiary/aromatic N) is 2. The van der Waals surface area contributed by atoms with Crippen molar-refractivity contribution in [1.82, 2.24) is 10.1 Å². The van der Waals surface area contributed by atoms with E-state index in [0.29, 0.717) is 35.4 Å². The number of para-hydroxylation sites is 1. The summed E-state index contributed by atoms with van der Waals surface area (Å²) in [5, 5.41) is 4.05. The van der Waals surface area contributed by atoms with Crippen LogP contribution in [0, 0.1) is 0 Å². The van der Waals surface area contributed by atoms with E-state index in [0.717, 1.165) is 11.1 Å². The van der Waals surface area contributed by atoms with E-state index in [1.54, 1.807) is 21.3 Å². The van der Waals surface area contributed by atoms with Gasteiger partial charge in [-0.1, -0.05) is 23.4 Å². The van der Waals surface area contributed by atoms with Crippen molar-refractivity contribution in [3.63, 3.8) is 0 Å². The lowest BCUT2D eigenvalue weighted by Gasteiger charge is -2.08. The van der Waals surface area contributed by atoms with Gasteiger partial charge in [-0.05, 0) is 29.8 Å². The van der Waals surface area contributed by atoms with Crippen LogP contribution in [-0.4, -0.2) is 31.5 Å². The lowest BCUT2D eigenvalue weighted by molar-refractivity contribution is 0.354. The van der Waals surface area contributed by atoms with Crippen molar-refractivity contribution in [2.24, 2.45) is 0 Å². The van der Waals surface area contributed by atoms with Gasteiger partial charge in [0.1, 0.15) is 5.75 Å². The van der Waals surface area contributed by atoms with Crippen molar-refractivity contribution in [2.45, 2.75) is 6.42 Å². The highest BCUT2D eigenvalue weighted by Crippen LogP contribution is 2.30. The Bertz CT molecular complexity index is 829. The van der Waals surface area contributed by atoms with Crippen molar-refractivity contribution in [3.05, 3.63) is 53.9 Å². The van der Waals surface area contributed by atoms with Crippen LogP contribution in [0.25, 0.3) is 11.5 Å². The third-order valence-electron chi connectivity index (χ3n) is 3.62. The Morgan fingerprint density at radius 3 is 2.38 bits per heavy atom. The first-order chi connectivity index (χ1) is 11.7. The van der Waals surface area contributed by atoms with E-state index in [1.807, 2.05) is 42.5 Å². The van der Waals surface area contributed by atoms with Gasteiger partial charge in [0, 0.05) is 6.42 Å². The van der Waals surface area contributed by atoms with Crippen LogP contribution in [0.5, 0.6) is 17.2 Å². The molecular formula is C18H18N2O4. The summed E-state index contributed by atoms with van der Waals surface area (Å²) < 4.78 is 21.2. The molecule has 1 aromatic heterocycles. The Labute approximate surface area is 140 Å². The Morgan fingerprint density at radius 2 is 1.62 bits per heavy atom. The van der Waals surface area contributed by atoms with Gasteiger partial charge in [0.25, 0.3) is 5.89 Å². The van der Waals surface area contributed by atoms with Gasteiger partial charge in [-0.15, -0.1) is 0 Å². The van der Waals surface area contributed by atoms with Crippen molar-refractivity contribution < 1.29 is 18.7 Å². The summed E-state index contributed by atoms with van der Waals surface area (Å²) in [5.41, 5.74) is 1.77. The SMILES string of the molecule is COc1ccc(Cc2noc(-c3ccccc3OC)n2)cc1OC. The number of rotatable bonds is 6. The lowest BCUT2D eigenvalue weighted by atomic mass is 10.1. The highest BCUT2D eigenvalue weighted by Gasteiger charge is 2.14. The Morgan fingerprint density at radius 1 is 0.875 bits per heavy atom. The zero-order valence-corrected chi connectivity index (χ0v) is 13.8. The number of ether oxygens (including phenoxy) is 3. The van der Waals surface area contributed by atoms with Crippen LogP contribution in [0.3, 0.4) is 0 Å². The molecule has 0 N–H and O–H groups in total. The van der Waals surface area contributed by atoms with Gasteiger partial charge in [-0.25, -0.2) is 0 Å². The van der Waals surface area contributed by atoms with E-state index >= 15 is 0 Å². The standard InChI is InChI=1S/C18H18N2O4/c1-21-14-7-5-4-6-13(14)18-19-17(20-24-18)11-12-8-9-15(22-2)16(10-12)23-3/h4-10H,11H2,1-3H3. The second-order valence-corrected chi connectivity index (χ2v) is 5.08. The van der Waals surface area contributed by atoms with Gasteiger partial charge in [-0.2, -0.15) is 4.98 Å². The number of hydrogen-bond acceptors (Lipinski definition) is 6. The molecule has 0 saturated heterocycles. The molecule has 0 aliphatic rings. The lowest BCUT2D eigenvalue weighted by Crippen LogP contribution is -1.95. The summed E-state index contributed by atoms with van der Waals surface area (Å²) in [6.07, 6.45) is 0.527. The molecule has 0 aliphatic carbocycles. The first-order valence-electron chi connectivity index (χ1n) is 7.42. The summed E-state index contributed by atoms with van der Waals surface area (Å²) in [4.78, 5) is 4.45. The van der Waals surface area contributed by atoms with E-state index < -0.39 is 0 Å². The minimum absolute atomic E-state index is 0.433. The van der Waals surface area contributed by atoms with Crippen molar-refractivity contribution in [2.75, 3.05) is 21.3 Å². The molecule has 0 fully saturated rings. The maximum absolute atomic E-state index is 5.37. The van der Waals surface area contributed by atoms with E-state index in [9.17, 15) is 0 Å². The molecule has 3 aromatic rings. The molecule has 0 amide bonds. The maximum Gasteiger partial charge on any atom is 0.261 e. The Balaban J connectivity index is 1.84. The van der Waals surface area contributed by atoms with Crippen molar-refractivity contribution in [1.29, 1.82) is 0 Å². The quantitative estimate of drug-likeness (QED) is 0.692. The number of hydrogen-bond donors (Lipinski definition) is 0. The molecule has 0 atom stereocenters. The van der Waals surface area contributed by atoms with Gasteiger partial charge in [0.2, 0.25) is 0 Å². The summed E-state index contributed by atoms with van der Waals surface area (Å²) in [6.45, 7) is 0. The van der Waals surface area contributed by atoms with Crippen molar-refractivity contribution >= 4 is 0 Å². The maximum atomic E-state index is 5.37. The topological polar surface area (TPSA) is 66.6 Å². The van der Waals surface area contributed by atoms with Gasteiger partial charge < -0.3 is 18.7 Å². The van der Waals surface area contributed by atoms with Gasteiger partial charge in [0.05, 0.1) is 26.9 Å². The van der Waals surface area contributed by atoms with Crippen LogP contribution in [0.4, 0.5) is 0 Å². The average Bonchev–Trinajstić information content (AvgIpc) is 3.09. The summed E-state index contributed by atoms with van der Waals surface area (Å²) in [5.74, 6) is 3.07. The number of benzene rings is 2. The predicted molar refractivity (Wildman–Crippen MR) is 88.6 cm³/mol. The number of aromatic nitrogens is 2. The molecule has 0 unspecified atom stereocenters. The molecule has 0 saturated carbocycles. The van der Waals surface area contributed by atoms with E-state index in [2.05, 4.69) is 10.1 Å². The second-order valence-electron chi connectivity index (χ2n) is 5.08. The van der Waals surface area contributed by atoms with Crippen LogP contribution < -0.4 is 14.2 Å². The molecule has 0 aliphatic heterocycles. The summed E-state index contributed by atoms with van der Waals surface area (Å²) in [7, 11) is 4.83. The fraction of sp³-hybridized carbons (Fsp3) is 0.222. The molecule has 0 radical (unpaired) electrons. The molecule has 3 rings (SSSR count). The summed E-state index contributed by atoms with van der Waals surface area (Å²) in [6, 6.07) is 13.2. The molecule has 1 heterocycles. The molecule has 24 heavy (non-hydrogen) atoms. The van der Waals surface area contributed by atoms with Gasteiger partial charge >= 0.3 is 0 Å². The molecule has 6 heteroatoms. The summed E-state index contributed by atoms with van der Waals surface area (Å²) >= 11 is 0. The zero-order chi connectivity index (χ0) is 16.9. The smallest absolute Gasteiger partial charge is 0.261 e. The first kappa shape index (κ1) is 15.9. The highest BCUT2D eigenvalue weighted by atomic mass is 16.5.